The monoisotopic (exact) mass is 393 g/mol. The van der Waals surface area contributed by atoms with Gasteiger partial charge in [0.1, 0.15) is 11.3 Å². The first-order valence-corrected chi connectivity index (χ1v) is 9.43. The Morgan fingerprint density at radius 3 is 2.21 bits per heavy atom. The van der Waals surface area contributed by atoms with Crippen LogP contribution in [-0.2, 0) is 11.3 Å². The molecule has 4 rings (SSSR count). The second-order valence-corrected chi connectivity index (χ2v) is 7.60. The minimum atomic E-state index is -0.958. The van der Waals surface area contributed by atoms with E-state index in [0.29, 0.717) is 17.9 Å². The van der Waals surface area contributed by atoms with E-state index >= 15 is 0 Å². The Labute approximate surface area is 169 Å². The van der Waals surface area contributed by atoms with E-state index in [9.17, 15) is 4.79 Å². The zero-order chi connectivity index (χ0) is 19.7. The third kappa shape index (κ3) is 3.97. The van der Waals surface area contributed by atoms with Gasteiger partial charge in [-0.3, -0.25) is 0 Å². The molecule has 4 nitrogen and oxygen atoms in total. The van der Waals surface area contributed by atoms with Gasteiger partial charge < -0.3 is 14.8 Å². The number of fused-ring (bicyclic) bond motifs is 1. The summed E-state index contributed by atoms with van der Waals surface area (Å²) >= 11 is 5.95. The van der Waals surface area contributed by atoms with Crippen LogP contribution in [0.1, 0.15) is 29.8 Å². The van der Waals surface area contributed by atoms with E-state index < -0.39 is 5.79 Å². The molecule has 0 fully saturated rings. The molecule has 0 aliphatic carbocycles. The summed E-state index contributed by atoms with van der Waals surface area (Å²) in [6.07, 6.45) is 0. The van der Waals surface area contributed by atoms with Gasteiger partial charge in [0.05, 0.1) is 0 Å². The Hall–Kier alpha value is -2.98. The van der Waals surface area contributed by atoms with Gasteiger partial charge in [-0.1, -0.05) is 48.0 Å². The number of esters is 1. The number of ether oxygens (including phenoxy) is 2. The molecule has 0 aromatic heterocycles. The molecule has 0 bridgehead atoms. The molecule has 0 unspecified atom stereocenters. The number of hydrogen-bond acceptors (Lipinski definition) is 4. The largest absolute Gasteiger partial charge is 0.452 e. The fourth-order valence-electron chi connectivity index (χ4n) is 3.11. The molecule has 3 aromatic carbocycles. The lowest BCUT2D eigenvalue weighted by atomic mass is 10.0. The first-order chi connectivity index (χ1) is 13.4. The van der Waals surface area contributed by atoms with Crippen LogP contribution in [0.5, 0.6) is 5.75 Å². The predicted octanol–water partition coefficient (Wildman–Crippen LogP) is 5.90. The van der Waals surface area contributed by atoms with Crippen LogP contribution in [0.15, 0.2) is 66.7 Å². The maximum Gasteiger partial charge on any atom is 0.345 e. The maximum absolute atomic E-state index is 12.0. The molecule has 5 heteroatoms. The van der Waals surface area contributed by atoms with Crippen LogP contribution in [0.25, 0.3) is 11.1 Å². The summed E-state index contributed by atoms with van der Waals surface area (Å²) in [5, 5.41) is 4.10. The van der Waals surface area contributed by atoms with Crippen molar-refractivity contribution in [2.45, 2.75) is 26.2 Å². The highest BCUT2D eigenvalue weighted by Gasteiger charge is 2.33. The molecule has 1 heterocycles. The van der Waals surface area contributed by atoms with Crippen molar-refractivity contribution in [1.82, 2.24) is 0 Å². The van der Waals surface area contributed by atoms with Gasteiger partial charge in [-0.05, 0) is 41.0 Å². The average molecular weight is 394 g/mol. The van der Waals surface area contributed by atoms with E-state index in [0.717, 1.165) is 27.4 Å². The number of anilines is 1. The van der Waals surface area contributed by atoms with Crippen molar-refractivity contribution in [1.29, 1.82) is 0 Å². The highest BCUT2D eigenvalue weighted by Crippen LogP contribution is 2.33. The topological polar surface area (TPSA) is 47.6 Å². The first kappa shape index (κ1) is 18.4. The Balaban J connectivity index is 1.45. The maximum atomic E-state index is 12.0. The number of hydrogen-bond donors (Lipinski definition) is 1. The van der Waals surface area contributed by atoms with Crippen molar-refractivity contribution in [2.75, 3.05) is 5.32 Å². The molecule has 0 amide bonds. The van der Waals surface area contributed by atoms with Crippen LogP contribution >= 0.6 is 11.6 Å². The lowest BCUT2D eigenvalue weighted by Crippen LogP contribution is -2.38. The van der Waals surface area contributed by atoms with Gasteiger partial charge in [0, 0.05) is 37.2 Å². The summed E-state index contributed by atoms with van der Waals surface area (Å²) in [7, 11) is 0. The van der Waals surface area contributed by atoms with Crippen molar-refractivity contribution in [2.24, 2.45) is 0 Å². The molecule has 1 aliphatic rings. The van der Waals surface area contributed by atoms with Gasteiger partial charge >= 0.3 is 5.97 Å². The molecule has 0 saturated carbocycles. The molecule has 0 atom stereocenters. The van der Waals surface area contributed by atoms with Crippen LogP contribution in [0, 0.1) is 0 Å². The number of rotatable bonds is 4. The van der Waals surface area contributed by atoms with E-state index in [4.69, 9.17) is 21.1 Å². The van der Waals surface area contributed by atoms with E-state index in [1.54, 1.807) is 19.9 Å². The summed E-state index contributed by atoms with van der Waals surface area (Å²) in [4.78, 5) is 12.0. The molecule has 0 spiro atoms. The van der Waals surface area contributed by atoms with Crippen LogP contribution < -0.4 is 10.1 Å². The minimum absolute atomic E-state index is 0.365. The lowest BCUT2D eigenvalue weighted by Gasteiger charge is -2.31. The van der Waals surface area contributed by atoms with Gasteiger partial charge in [-0.2, -0.15) is 0 Å². The quantitative estimate of drug-likeness (QED) is 0.560. The zero-order valence-electron chi connectivity index (χ0n) is 15.7. The number of halogens is 1. The first-order valence-electron chi connectivity index (χ1n) is 9.05. The fraction of sp³-hybridized carbons (Fsp3) is 0.174. The molecule has 1 aliphatic heterocycles. The van der Waals surface area contributed by atoms with Crippen LogP contribution in [0.2, 0.25) is 5.02 Å². The van der Waals surface area contributed by atoms with E-state index in [-0.39, 0.29) is 5.97 Å². The number of carbonyl (C=O) groups is 1. The van der Waals surface area contributed by atoms with Gasteiger partial charge in [0.2, 0.25) is 5.79 Å². The number of benzene rings is 3. The molecule has 0 radical (unpaired) electrons. The summed E-state index contributed by atoms with van der Waals surface area (Å²) in [5.41, 5.74) is 4.74. The molecular weight excluding hydrogens is 374 g/mol. The van der Waals surface area contributed by atoms with E-state index in [1.807, 2.05) is 36.4 Å². The predicted molar refractivity (Wildman–Crippen MR) is 111 cm³/mol. The lowest BCUT2D eigenvalue weighted by molar-refractivity contribution is -0.127. The normalized spacial score (nSPS) is 14.6. The van der Waals surface area contributed by atoms with E-state index in [1.165, 1.54) is 0 Å². The summed E-state index contributed by atoms with van der Waals surface area (Å²) in [5.74, 6) is -0.792. The van der Waals surface area contributed by atoms with Crippen molar-refractivity contribution in [3.63, 3.8) is 0 Å². The second kappa shape index (κ2) is 7.21. The number of nitrogens with one attached hydrogen (secondary N) is 1. The van der Waals surface area contributed by atoms with Crippen molar-refractivity contribution < 1.29 is 14.3 Å². The number of cyclic esters (lactones) is 1. The minimum Gasteiger partial charge on any atom is -0.452 e. The summed E-state index contributed by atoms with van der Waals surface area (Å²) in [6, 6.07) is 21.6. The van der Waals surface area contributed by atoms with Gasteiger partial charge in [-0.15, -0.1) is 0 Å². The Morgan fingerprint density at radius 2 is 1.54 bits per heavy atom. The Morgan fingerprint density at radius 1 is 0.893 bits per heavy atom. The molecule has 3 aromatic rings. The standard InChI is InChI=1S/C23H20ClNO3/c1-23(2)27-21-13-19(11-12-20(21)22(26)28-23)25-14-15-3-5-16(6-4-15)17-7-9-18(24)10-8-17/h3-13,25H,14H2,1-2H3. The molecular formula is C23H20ClNO3. The van der Waals surface area contributed by atoms with Crippen LogP contribution in [0.3, 0.4) is 0 Å². The molecule has 0 saturated heterocycles. The van der Waals surface area contributed by atoms with Gasteiger partial charge in [0.25, 0.3) is 0 Å². The smallest absolute Gasteiger partial charge is 0.345 e. The van der Waals surface area contributed by atoms with Crippen molar-refractivity contribution in [3.8, 4) is 16.9 Å². The van der Waals surface area contributed by atoms with Crippen LogP contribution in [0.4, 0.5) is 5.69 Å². The van der Waals surface area contributed by atoms with E-state index in [2.05, 4.69) is 29.6 Å². The number of carbonyl (C=O) groups excluding carboxylic acids is 1. The summed E-state index contributed by atoms with van der Waals surface area (Å²) < 4.78 is 11.0. The Kier molecular flexibility index (Phi) is 4.73. The summed E-state index contributed by atoms with van der Waals surface area (Å²) in [6.45, 7) is 4.10. The fourth-order valence-corrected chi connectivity index (χ4v) is 3.24. The highest BCUT2D eigenvalue weighted by molar-refractivity contribution is 6.30. The van der Waals surface area contributed by atoms with Crippen molar-refractivity contribution in [3.05, 3.63) is 82.9 Å². The SMILES string of the molecule is CC1(C)OC(=O)c2ccc(NCc3ccc(-c4ccc(Cl)cc4)cc3)cc2O1. The molecule has 28 heavy (non-hydrogen) atoms. The highest BCUT2D eigenvalue weighted by atomic mass is 35.5. The third-order valence-electron chi connectivity index (χ3n) is 4.52. The third-order valence-corrected chi connectivity index (χ3v) is 4.78. The van der Waals surface area contributed by atoms with Gasteiger partial charge in [-0.25, -0.2) is 4.79 Å². The Bertz CT molecular complexity index is 1010. The zero-order valence-corrected chi connectivity index (χ0v) is 16.4. The molecule has 142 valence electrons. The van der Waals surface area contributed by atoms with Crippen molar-refractivity contribution >= 4 is 23.3 Å². The van der Waals surface area contributed by atoms with Crippen LogP contribution in [-0.4, -0.2) is 11.8 Å². The molecule has 1 N–H and O–H groups in total. The van der Waals surface area contributed by atoms with Gasteiger partial charge in [0.15, 0.2) is 0 Å². The average Bonchev–Trinajstić information content (AvgIpc) is 2.66. The second-order valence-electron chi connectivity index (χ2n) is 7.16.